The van der Waals surface area contributed by atoms with Gasteiger partial charge in [0, 0.05) is 6.54 Å². The largest absolute Gasteiger partial charge is 0.481 e. The second-order valence-electron chi connectivity index (χ2n) is 6.87. The Morgan fingerprint density at radius 3 is 2.63 bits per heavy atom. The summed E-state index contributed by atoms with van der Waals surface area (Å²) in [6.07, 6.45) is 0.567. The van der Waals surface area contributed by atoms with E-state index in [1.807, 2.05) is 0 Å². The van der Waals surface area contributed by atoms with Crippen LogP contribution in [0.4, 0.5) is 28.8 Å². The van der Waals surface area contributed by atoms with Crippen molar-refractivity contribution >= 4 is 45.9 Å². The zero-order chi connectivity index (χ0) is 21.7. The molecule has 2 amide bonds. The maximum absolute atomic E-state index is 13.5. The number of thiazole rings is 1. The van der Waals surface area contributed by atoms with E-state index in [-0.39, 0.29) is 29.0 Å². The van der Waals surface area contributed by atoms with Gasteiger partial charge in [0.25, 0.3) is 0 Å². The van der Waals surface area contributed by atoms with Gasteiger partial charge in [0.1, 0.15) is 0 Å². The minimum absolute atomic E-state index is 0.134. The highest BCUT2D eigenvalue weighted by Gasteiger charge is 2.36. The third kappa shape index (κ3) is 5.88. The van der Waals surface area contributed by atoms with Crippen LogP contribution in [0.15, 0.2) is 34.7 Å². The van der Waals surface area contributed by atoms with Crippen molar-refractivity contribution in [2.45, 2.75) is 36.1 Å². The number of amides is 2. The topological polar surface area (TPSA) is 82.5 Å². The quantitative estimate of drug-likeness (QED) is 0.529. The van der Waals surface area contributed by atoms with Crippen LogP contribution in [0.2, 0.25) is 0 Å². The number of aliphatic carboxylic acids is 1. The predicted octanol–water partition coefficient (Wildman–Crippen LogP) is 5.57. The summed E-state index contributed by atoms with van der Waals surface area (Å²) in [5.74, 6) is -0.997. The lowest BCUT2D eigenvalue weighted by atomic mass is 10.1. The summed E-state index contributed by atoms with van der Waals surface area (Å²) in [7, 11) is 0. The number of nitrogens with zero attached hydrogens (tertiary/aromatic N) is 2. The fourth-order valence-corrected chi connectivity index (χ4v) is 4.95. The van der Waals surface area contributed by atoms with Crippen molar-refractivity contribution in [1.82, 2.24) is 4.98 Å². The number of aromatic nitrogens is 1. The number of benzene rings is 1. The molecule has 6 nitrogen and oxygen atoms in total. The summed E-state index contributed by atoms with van der Waals surface area (Å²) >= 11 is 2.13. The summed E-state index contributed by atoms with van der Waals surface area (Å²) in [5.41, 5.74) is -1.05. The molecule has 0 radical (unpaired) electrons. The first-order valence-electron chi connectivity index (χ1n) is 9.29. The number of nitrogens with one attached hydrogen (secondary N) is 1. The summed E-state index contributed by atoms with van der Waals surface area (Å²) < 4.78 is 41.2. The Morgan fingerprint density at radius 1 is 1.27 bits per heavy atom. The zero-order valence-corrected chi connectivity index (χ0v) is 17.4. The first-order chi connectivity index (χ1) is 14.2. The van der Waals surface area contributed by atoms with E-state index in [1.165, 1.54) is 24.4 Å². The molecule has 0 unspecified atom stereocenters. The van der Waals surface area contributed by atoms with E-state index < -0.39 is 23.7 Å². The molecule has 1 aromatic carbocycles. The zero-order valence-electron chi connectivity index (χ0n) is 15.8. The van der Waals surface area contributed by atoms with Crippen molar-refractivity contribution in [1.29, 1.82) is 0 Å². The molecular formula is C19H20F3N3O3S2. The molecule has 0 bridgehead atoms. The van der Waals surface area contributed by atoms with Gasteiger partial charge in [-0.2, -0.15) is 13.2 Å². The molecule has 1 heterocycles. The van der Waals surface area contributed by atoms with Crippen molar-refractivity contribution in [2.24, 2.45) is 5.92 Å². The average Bonchev–Trinajstić information content (AvgIpc) is 3.35. The summed E-state index contributed by atoms with van der Waals surface area (Å²) in [6, 6.07) is 4.35. The minimum Gasteiger partial charge on any atom is -0.481 e. The fraction of sp³-hybridized carbons (Fsp3) is 0.421. The third-order valence-corrected chi connectivity index (χ3v) is 6.79. The highest BCUT2D eigenvalue weighted by atomic mass is 32.2. The molecule has 0 saturated heterocycles. The molecule has 2 aromatic rings. The Bertz CT molecular complexity index is 898. The van der Waals surface area contributed by atoms with Gasteiger partial charge in [0.15, 0.2) is 5.13 Å². The maximum Gasteiger partial charge on any atom is 0.418 e. The van der Waals surface area contributed by atoms with Crippen molar-refractivity contribution in [3.63, 3.8) is 0 Å². The van der Waals surface area contributed by atoms with E-state index in [9.17, 15) is 22.8 Å². The van der Waals surface area contributed by atoms with Crippen LogP contribution in [-0.2, 0) is 11.0 Å². The minimum atomic E-state index is -4.59. The van der Waals surface area contributed by atoms with Gasteiger partial charge in [-0.05, 0) is 30.9 Å². The molecule has 1 aliphatic rings. The van der Waals surface area contributed by atoms with Gasteiger partial charge in [-0.3, -0.25) is 15.0 Å². The Morgan fingerprint density at radius 2 is 1.97 bits per heavy atom. The van der Waals surface area contributed by atoms with Crippen molar-refractivity contribution in [3.05, 3.63) is 36.0 Å². The normalized spacial score (nSPS) is 14.6. The first kappa shape index (κ1) is 22.4. The van der Waals surface area contributed by atoms with Crippen LogP contribution in [0.5, 0.6) is 0 Å². The number of urea groups is 1. The molecule has 162 valence electrons. The molecule has 2 N–H and O–H groups in total. The predicted molar refractivity (Wildman–Crippen MR) is 110 cm³/mol. The lowest BCUT2D eigenvalue weighted by molar-refractivity contribution is -0.137. The number of carboxylic acid groups (broad SMARTS) is 1. The fourth-order valence-electron chi connectivity index (χ4n) is 3.37. The molecule has 0 spiro atoms. The summed E-state index contributed by atoms with van der Waals surface area (Å²) in [4.78, 5) is 28.8. The number of rotatable bonds is 7. The number of para-hydroxylation sites is 1. The number of halogens is 3. The van der Waals surface area contributed by atoms with E-state index in [4.69, 9.17) is 5.11 Å². The van der Waals surface area contributed by atoms with Crippen LogP contribution in [0.1, 0.15) is 31.2 Å². The summed E-state index contributed by atoms with van der Waals surface area (Å²) in [5, 5.41) is 11.5. The Balaban J connectivity index is 1.82. The molecule has 0 atom stereocenters. The van der Waals surface area contributed by atoms with Gasteiger partial charge in [-0.15, -0.1) is 11.8 Å². The molecular weight excluding hydrogens is 439 g/mol. The SMILES string of the molecule is O=C(O)CSc1cnc(NC(=O)N(CC2CCCC2)c2ccccc2C(F)(F)F)s1. The molecule has 1 saturated carbocycles. The van der Waals surface area contributed by atoms with Crippen LogP contribution >= 0.6 is 23.1 Å². The van der Waals surface area contributed by atoms with E-state index >= 15 is 0 Å². The molecule has 3 rings (SSSR count). The lowest BCUT2D eigenvalue weighted by Gasteiger charge is -2.28. The van der Waals surface area contributed by atoms with Gasteiger partial charge in [0.2, 0.25) is 0 Å². The van der Waals surface area contributed by atoms with Gasteiger partial charge in [-0.1, -0.05) is 36.3 Å². The van der Waals surface area contributed by atoms with E-state index in [0.717, 1.165) is 59.7 Å². The van der Waals surface area contributed by atoms with Crippen molar-refractivity contribution in [3.8, 4) is 0 Å². The van der Waals surface area contributed by atoms with Crippen molar-refractivity contribution < 1.29 is 27.9 Å². The number of alkyl halides is 3. The van der Waals surface area contributed by atoms with E-state index in [2.05, 4.69) is 10.3 Å². The number of carboxylic acids is 1. The first-order valence-corrected chi connectivity index (χ1v) is 11.1. The van der Waals surface area contributed by atoms with Gasteiger partial charge in [0.05, 0.1) is 27.4 Å². The molecule has 30 heavy (non-hydrogen) atoms. The van der Waals surface area contributed by atoms with Crippen LogP contribution in [0.3, 0.4) is 0 Å². The van der Waals surface area contributed by atoms with Crippen LogP contribution in [-0.4, -0.2) is 34.4 Å². The number of hydrogen-bond acceptors (Lipinski definition) is 5. The monoisotopic (exact) mass is 459 g/mol. The van der Waals surface area contributed by atoms with Gasteiger partial charge in [-0.25, -0.2) is 9.78 Å². The highest BCUT2D eigenvalue weighted by Crippen LogP contribution is 2.38. The average molecular weight is 460 g/mol. The number of thioether (sulfide) groups is 1. The summed E-state index contributed by atoms with van der Waals surface area (Å²) in [6.45, 7) is 0.185. The second-order valence-corrected chi connectivity index (χ2v) is 9.18. The Hall–Kier alpha value is -2.27. The standard InChI is InChI=1S/C19H20F3N3O3S2/c20-19(21,22)13-7-3-4-8-14(13)25(10-12-5-1-2-6-12)18(28)24-17-23-9-16(30-17)29-11-15(26)27/h3-4,7-9,12H,1-2,5-6,10-11H2,(H,26,27)(H,23,24,28). The van der Waals surface area contributed by atoms with Crippen LogP contribution in [0, 0.1) is 5.92 Å². The van der Waals surface area contributed by atoms with Crippen LogP contribution in [0.25, 0.3) is 0 Å². The van der Waals surface area contributed by atoms with Crippen molar-refractivity contribution in [2.75, 3.05) is 22.5 Å². The van der Waals surface area contributed by atoms with E-state index in [0.29, 0.717) is 4.21 Å². The third-order valence-electron chi connectivity index (χ3n) is 4.70. The molecule has 1 fully saturated rings. The molecule has 1 aliphatic carbocycles. The second kappa shape index (κ2) is 9.69. The van der Waals surface area contributed by atoms with Gasteiger partial charge >= 0.3 is 18.2 Å². The number of carbonyl (C=O) groups is 2. The smallest absolute Gasteiger partial charge is 0.418 e. The molecule has 11 heteroatoms. The number of anilines is 2. The van der Waals surface area contributed by atoms with E-state index in [1.54, 1.807) is 0 Å². The lowest BCUT2D eigenvalue weighted by Crippen LogP contribution is -2.39. The maximum atomic E-state index is 13.5. The van der Waals surface area contributed by atoms with Gasteiger partial charge < -0.3 is 5.11 Å². The van der Waals surface area contributed by atoms with Crippen LogP contribution < -0.4 is 10.2 Å². The molecule has 1 aromatic heterocycles. The number of hydrogen-bond donors (Lipinski definition) is 2. The Labute approximate surface area is 179 Å². The number of carbonyl (C=O) groups excluding carboxylic acids is 1. The molecule has 0 aliphatic heterocycles. The highest BCUT2D eigenvalue weighted by molar-refractivity contribution is 8.01. The Kier molecular flexibility index (Phi) is 7.24.